The first kappa shape index (κ1) is 27.7. The molecule has 0 atom stereocenters. The van der Waals surface area contributed by atoms with Crippen molar-refractivity contribution < 1.29 is 24.2 Å². The van der Waals surface area contributed by atoms with Crippen LogP contribution >= 0.6 is 0 Å². The predicted octanol–water partition coefficient (Wildman–Crippen LogP) is 3.10. The molecule has 0 saturated heterocycles. The van der Waals surface area contributed by atoms with Gasteiger partial charge in [0.25, 0.3) is 0 Å². The van der Waals surface area contributed by atoms with Crippen LogP contribution in [0, 0.1) is 20.2 Å². The Bertz CT molecular complexity index is 827. The van der Waals surface area contributed by atoms with E-state index in [1.807, 2.05) is 26.9 Å². The number of carbonyl (C=O) groups excluding carboxylic acids is 1. The average Bonchev–Trinajstić information content (AvgIpc) is 3.01. The highest BCUT2D eigenvalue weighted by atomic mass is 28.4. The molecule has 0 aliphatic rings. The normalized spacial score (nSPS) is 12.8. The fourth-order valence-corrected chi connectivity index (χ4v) is 3.71. The van der Waals surface area contributed by atoms with Crippen LogP contribution in [0.4, 0.5) is 11.8 Å². The summed E-state index contributed by atoms with van der Waals surface area (Å²) in [5, 5.41) is 21.9. The molecular weight excluding hydrogens is 438 g/mol. The van der Waals surface area contributed by atoms with Crippen molar-refractivity contribution in [2.24, 2.45) is 0 Å². The Morgan fingerprint density at radius 1 is 1.19 bits per heavy atom. The number of nitrogens with zero attached hydrogens (tertiary/aromatic N) is 5. The first-order chi connectivity index (χ1) is 14.4. The van der Waals surface area contributed by atoms with E-state index in [0.29, 0.717) is 13.0 Å². The first-order valence-electron chi connectivity index (χ1n) is 10.5. The molecular formula is C19H35N5O7Si. The topological polar surface area (TPSA) is 154 Å². The third-order valence-electron chi connectivity index (χ3n) is 5.46. The van der Waals surface area contributed by atoms with E-state index in [0.717, 1.165) is 17.2 Å². The fraction of sp³-hybridized carbons (Fsp3) is 0.789. The van der Waals surface area contributed by atoms with Crippen molar-refractivity contribution in [2.45, 2.75) is 77.7 Å². The highest BCUT2D eigenvalue weighted by Crippen LogP contribution is 2.39. The van der Waals surface area contributed by atoms with E-state index >= 15 is 0 Å². The second kappa shape index (κ2) is 10.5. The van der Waals surface area contributed by atoms with Gasteiger partial charge in [0.15, 0.2) is 14.5 Å². The molecule has 0 amide bonds. The third-order valence-corrected chi connectivity index (χ3v) is 9.02. The lowest BCUT2D eigenvalue weighted by atomic mass is 10.1. The smallest absolute Gasteiger partial charge is 0.439 e. The fourth-order valence-electron chi connectivity index (χ4n) is 2.92. The highest BCUT2D eigenvalue weighted by Gasteiger charge is 2.37. The van der Waals surface area contributed by atoms with Gasteiger partial charge in [-0.1, -0.05) is 13.8 Å². The molecule has 0 spiro atoms. The predicted molar refractivity (Wildman–Crippen MR) is 121 cm³/mol. The van der Waals surface area contributed by atoms with E-state index in [2.05, 4.69) is 4.98 Å². The van der Waals surface area contributed by atoms with Gasteiger partial charge in [0.1, 0.15) is 5.60 Å². The molecule has 0 saturated carbocycles. The number of nitro groups is 2. The zero-order valence-electron chi connectivity index (χ0n) is 20.0. The van der Waals surface area contributed by atoms with E-state index in [1.54, 1.807) is 25.7 Å². The molecule has 0 radical (unpaired) electrons. The van der Waals surface area contributed by atoms with Crippen LogP contribution in [-0.2, 0) is 16.1 Å². The second-order valence-electron chi connectivity index (χ2n) is 10.0. The Morgan fingerprint density at radius 2 is 1.78 bits per heavy atom. The molecule has 0 bridgehead atoms. The van der Waals surface area contributed by atoms with Crippen LogP contribution < -0.4 is 0 Å². The molecule has 0 aliphatic heterocycles. The number of hydrogen-bond donors (Lipinski definition) is 1. The number of esters is 1. The molecule has 1 aromatic rings. The molecule has 32 heavy (non-hydrogen) atoms. The molecule has 0 unspecified atom stereocenters. The summed E-state index contributed by atoms with van der Waals surface area (Å²) >= 11 is 0. The zero-order chi connectivity index (χ0) is 24.9. The molecule has 12 nitrogen and oxygen atoms in total. The van der Waals surface area contributed by atoms with Crippen LogP contribution in [0.15, 0.2) is 6.20 Å². The van der Waals surface area contributed by atoms with Crippen LogP contribution in [0.2, 0.25) is 18.1 Å². The lowest BCUT2D eigenvalue weighted by Crippen LogP contribution is -2.40. The van der Waals surface area contributed by atoms with Gasteiger partial charge in [-0.2, -0.15) is 0 Å². The van der Waals surface area contributed by atoms with E-state index in [-0.39, 0.29) is 24.7 Å². The van der Waals surface area contributed by atoms with Crippen LogP contribution in [0.3, 0.4) is 0 Å². The minimum absolute atomic E-state index is 0.0256. The standard InChI is InChI=1S/C19H35N5O7Si/c1-18(2,3)31-16(25)14-21(10-8-9-19(4,5)32(6,7)30)11-12-22-13-15(23(26)27)20-17(22)24(28)29/h13,30H,8-12,14H2,1-7H3. The lowest BCUT2D eigenvalue weighted by molar-refractivity contribution is -0.403. The molecule has 0 aliphatic carbocycles. The Labute approximate surface area is 189 Å². The van der Waals surface area contributed by atoms with Crippen molar-refractivity contribution in [3.63, 3.8) is 0 Å². The molecule has 1 aromatic heterocycles. The summed E-state index contributed by atoms with van der Waals surface area (Å²) in [5.74, 6) is -1.66. The molecule has 0 fully saturated rings. The maximum atomic E-state index is 12.4. The van der Waals surface area contributed by atoms with Crippen LogP contribution in [-0.4, -0.2) is 68.6 Å². The summed E-state index contributed by atoms with van der Waals surface area (Å²) in [6, 6.07) is 0. The van der Waals surface area contributed by atoms with E-state index in [4.69, 9.17) is 4.74 Å². The van der Waals surface area contributed by atoms with Crippen molar-refractivity contribution >= 4 is 26.1 Å². The highest BCUT2D eigenvalue weighted by molar-refractivity contribution is 6.72. The van der Waals surface area contributed by atoms with Gasteiger partial charge in [-0.25, -0.2) is 4.57 Å². The number of hydrogen-bond acceptors (Lipinski definition) is 9. The van der Waals surface area contributed by atoms with Gasteiger partial charge in [-0.15, -0.1) is 0 Å². The Kier molecular flexibility index (Phi) is 9.06. The van der Waals surface area contributed by atoms with E-state index < -0.39 is 41.5 Å². The minimum Gasteiger partial charge on any atom is -0.459 e. The number of imidazole rings is 1. The third kappa shape index (κ3) is 8.63. The summed E-state index contributed by atoms with van der Waals surface area (Å²) in [6.07, 6.45) is 2.45. The van der Waals surface area contributed by atoms with Crippen LogP contribution in [0.5, 0.6) is 0 Å². The van der Waals surface area contributed by atoms with Gasteiger partial charge in [0, 0.05) is 6.54 Å². The van der Waals surface area contributed by atoms with E-state index in [9.17, 15) is 29.8 Å². The van der Waals surface area contributed by atoms with Crippen LogP contribution in [0.25, 0.3) is 0 Å². The van der Waals surface area contributed by atoms with Gasteiger partial charge in [-0.3, -0.25) is 9.69 Å². The van der Waals surface area contributed by atoms with Crippen molar-refractivity contribution in [3.05, 3.63) is 26.4 Å². The minimum atomic E-state index is -2.38. The SMILES string of the molecule is CC(C)(C)OC(=O)CN(CCCC(C)(C)[Si](C)(C)O)CCn1cc([N+](=O)[O-])nc1[N+](=O)[O-]. The first-order valence-corrected chi connectivity index (χ1v) is 13.4. The Balaban J connectivity index is 2.93. The number of ether oxygens (including phenoxy) is 1. The Morgan fingerprint density at radius 3 is 2.25 bits per heavy atom. The molecule has 1 rings (SSSR count). The summed E-state index contributed by atoms with van der Waals surface area (Å²) in [5.41, 5.74) is -0.652. The Hall–Kier alpha value is -2.38. The van der Waals surface area contributed by atoms with Gasteiger partial charge >= 0.3 is 17.7 Å². The maximum Gasteiger partial charge on any atom is 0.439 e. The zero-order valence-corrected chi connectivity index (χ0v) is 21.0. The van der Waals surface area contributed by atoms with Crippen molar-refractivity contribution in [1.29, 1.82) is 0 Å². The van der Waals surface area contributed by atoms with Gasteiger partial charge in [0.2, 0.25) is 0 Å². The quantitative estimate of drug-likeness (QED) is 0.209. The maximum absolute atomic E-state index is 12.4. The number of aromatic nitrogens is 2. The monoisotopic (exact) mass is 473 g/mol. The van der Waals surface area contributed by atoms with E-state index in [1.165, 1.54) is 0 Å². The van der Waals surface area contributed by atoms with Crippen molar-refractivity contribution in [3.8, 4) is 0 Å². The van der Waals surface area contributed by atoms with Crippen LogP contribution in [0.1, 0.15) is 47.5 Å². The molecule has 1 N–H and O–H groups in total. The summed E-state index contributed by atoms with van der Waals surface area (Å²) < 4.78 is 6.49. The average molecular weight is 474 g/mol. The van der Waals surface area contributed by atoms with Crippen molar-refractivity contribution in [1.82, 2.24) is 14.5 Å². The van der Waals surface area contributed by atoms with Gasteiger partial charge in [-0.05, 0) is 73.1 Å². The molecule has 0 aromatic carbocycles. The summed E-state index contributed by atoms with van der Waals surface area (Å²) in [7, 11) is -2.38. The molecule has 182 valence electrons. The second-order valence-corrected chi connectivity index (χ2v) is 14.5. The largest absolute Gasteiger partial charge is 0.459 e. The number of carbonyl (C=O) groups is 1. The molecule has 13 heteroatoms. The summed E-state index contributed by atoms with van der Waals surface area (Å²) in [4.78, 5) is 48.7. The summed E-state index contributed by atoms with van der Waals surface area (Å²) in [6.45, 7) is 13.8. The molecule has 1 heterocycles. The van der Waals surface area contributed by atoms with Crippen molar-refractivity contribution in [2.75, 3.05) is 19.6 Å². The lowest BCUT2D eigenvalue weighted by Gasteiger charge is -2.35. The van der Waals surface area contributed by atoms with Gasteiger partial charge < -0.3 is 29.8 Å². The van der Waals surface area contributed by atoms with Gasteiger partial charge in [0.05, 0.1) is 13.1 Å². The number of rotatable bonds is 12.